The Morgan fingerprint density at radius 2 is 2.00 bits per heavy atom. The van der Waals surface area contributed by atoms with E-state index in [2.05, 4.69) is 72.5 Å². The van der Waals surface area contributed by atoms with Gasteiger partial charge in [-0.1, -0.05) is 25.1 Å². The van der Waals surface area contributed by atoms with Crippen LogP contribution in [0.3, 0.4) is 0 Å². The minimum Gasteiger partial charge on any atom is -0.490 e. The third-order valence-corrected chi connectivity index (χ3v) is 5.50. The van der Waals surface area contributed by atoms with E-state index in [1.807, 2.05) is 12.3 Å². The van der Waals surface area contributed by atoms with Gasteiger partial charge < -0.3 is 25.0 Å². The highest BCUT2D eigenvalue weighted by Crippen LogP contribution is 2.23. The van der Waals surface area contributed by atoms with Crippen LogP contribution in [0.4, 0.5) is 5.82 Å². The maximum absolute atomic E-state index is 6.15. The lowest BCUT2D eigenvalue weighted by Crippen LogP contribution is -2.39. The van der Waals surface area contributed by atoms with E-state index in [9.17, 15) is 0 Å². The summed E-state index contributed by atoms with van der Waals surface area (Å²) in [6, 6.07) is 10.4. The van der Waals surface area contributed by atoms with Crippen LogP contribution >= 0.6 is 0 Å². The summed E-state index contributed by atoms with van der Waals surface area (Å²) >= 11 is 0. The molecule has 1 unspecified atom stereocenters. The lowest BCUT2D eigenvalue weighted by Gasteiger charge is -2.29. The molecule has 0 radical (unpaired) electrons. The number of guanidine groups is 1. The number of hydrogen-bond donors (Lipinski definition) is 2. The van der Waals surface area contributed by atoms with Gasteiger partial charge in [0.05, 0.1) is 25.9 Å². The average Bonchev–Trinajstić information content (AvgIpc) is 2.82. The van der Waals surface area contributed by atoms with Crippen molar-refractivity contribution in [3.05, 3.63) is 53.2 Å². The number of anilines is 1. The van der Waals surface area contributed by atoms with Crippen LogP contribution in [0.2, 0.25) is 0 Å². The number of rotatable bonds is 9. The molecule has 32 heavy (non-hydrogen) atoms. The van der Waals surface area contributed by atoms with E-state index in [0.717, 1.165) is 67.9 Å². The first-order valence-electron chi connectivity index (χ1n) is 11.7. The van der Waals surface area contributed by atoms with E-state index in [0.29, 0.717) is 13.1 Å². The minimum absolute atomic E-state index is 0.176. The van der Waals surface area contributed by atoms with Crippen LogP contribution < -0.4 is 20.3 Å². The predicted molar refractivity (Wildman–Crippen MR) is 130 cm³/mol. The van der Waals surface area contributed by atoms with Crippen molar-refractivity contribution in [2.24, 2.45) is 4.99 Å². The quantitative estimate of drug-likeness (QED) is 0.459. The van der Waals surface area contributed by atoms with E-state index >= 15 is 0 Å². The highest BCUT2D eigenvalue weighted by Gasteiger charge is 2.16. The van der Waals surface area contributed by atoms with Crippen LogP contribution in [0.5, 0.6) is 5.75 Å². The normalized spacial score (nSPS) is 15.4. The van der Waals surface area contributed by atoms with Crippen LogP contribution in [-0.2, 0) is 17.8 Å². The van der Waals surface area contributed by atoms with E-state index in [1.54, 1.807) is 0 Å². The summed E-state index contributed by atoms with van der Waals surface area (Å²) < 4.78 is 11.6. The minimum atomic E-state index is 0.176. The van der Waals surface area contributed by atoms with Crippen LogP contribution in [-0.4, -0.2) is 49.9 Å². The summed E-state index contributed by atoms with van der Waals surface area (Å²) in [7, 11) is 0. The Morgan fingerprint density at radius 1 is 1.19 bits per heavy atom. The van der Waals surface area contributed by atoms with Gasteiger partial charge in [-0.25, -0.2) is 9.98 Å². The summed E-state index contributed by atoms with van der Waals surface area (Å²) in [5.74, 6) is 2.71. The predicted octanol–water partition coefficient (Wildman–Crippen LogP) is 3.66. The number of aliphatic imine (C=N–C) groups is 1. The van der Waals surface area contributed by atoms with Gasteiger partial charge >= 0.3 is 0 Å². The van der Waals surface area contributed by atoms with Gasteiger partial charge in [0.2, 0.25) is 0 Å². The largest absolute Gasteiger partial charge is 0.490 e. The number of benzene rings is 1. The number of nitrogens with one attached hydrogen (secondary N) is 2. The molecule has 1 atom stereocenters. The number of pyridine rings is 1. The van der Waals surface area contributed by atoms with Crippen LogP contribution in [0.25, 0.3) is 0 Å². The van der Waals surface area contributed by atoms with Crippen LogP contribution in [0, 0.1) is 6.92 Å². The number of morpholine rings is 1. The SMILES string of the molecule is CCNC(=NCc1ccc(C)cc1OC(C)CC)NCc1cccnc1N1CCOCC1. The Balaban J connectivity index is 1.70. The third-order valence-electron chi connectivity index (χ3n) is 5.50. The standard InChI is InChI=1S/C25H37N5O2/c1-5-20(4)32-23-16-19(3)9-10-21(23)17-28-25(26-6-2)29-18-22-8-7-11-27-24(22)30-12-14-31-15-13-30/h7-11,16,20H,5-6,12-15,17-18H2,1-4H3,(H2,26,28,29). The highest BCUT2D eigenvalue weighted by molar-refractivity contribution is 5.80. The maximum Gasteiger partial charge on any atom is 0.191 e. The molecule has 1 saturated heterocycles. The molecule has 0 amide bonds. The maximum atomic E-state index is 6.15. The Bertz CT molecular complexity index is 880. The zero-order valence-corrected chi connectivity index (χ0v) is 19.9. The summed E-state index contributed by atoms with van der Waals surface area (Å²) in [4.78, 5) is 11.7. The van der Waals surface area contributed by atoms with Gasteiger partial charge in [-0.15, -0.1) is 0 Å². The first kappa shape index (κ1) is 23.9. The molecule has 0 aliphatic carbocycles. The van der Waals surface area contributed by atoms with Crippen molar-refractivity contribution in [3.8, 4) is 5.75 Å². The Hall–Kier alpha value is -2.80. The fraction of sp³-hybridized carbons (Fsp3) is 0.520. The van der Waals surface area contributed by atoms with E-state index in [-0.39, 0.29) is 6.10 Å². The molecule has 1 aliphatic rings. The smallest absolute Gasteiger partial charge is 0.191 e. The van der Waals surface area contributed by atoms with Crippen molar-refractivity contribution < 1.29 is 9.47 Å². The van der Waals surface area contributed by atoms with Crippen molar-refractivity contribution in [1.29, 1.82) is 0 Å². The average molecular weight is 440 g/mol. The molecule has 3 rings (SSSR count). The molecule has 1 aliphatic heterocycles. The topological polar surface area (TPSA) is 71.0 Å². The van der Waals surface area contributed by atoms with Gasteiger partial charge in [0.25, 0.3) is 0 Å². The van der Waals surface area contributed by atoms with Gasteiger partial charge in [0.1, 0.15) is 11.6 Å². The van der Waals surface area contributed by atoms with Crippen molar-refractivity contribution in [2.75, 3.05) is 37.7 Å². The number of nitrogens with zero attached hydrogens (tertiary/aromatic N) is 3. The molecule has 174 valence electrons. The number of aryl methyl sites for hydroxylation is 1. The monoisotopic (exact) mass is 439 g/mol. The molecule has 1 aromatic carbocycles. The molecule has 1 fully saturated rings. The first-order chi connectivity index (χ1) is 15.6. The van der Waals surface area contributed by atoms with E-state index in [1.165, 1.54) is 5.56 Å². The van der Waals surface area contributed by atoms with Crippen molar-refractivity contribution in [1.82, 2.24) is 15.6 Å². The zero-order valence-electron chi connectivity index (χ0n) is 19.9. The van der Waals surface area contributed by atoms with Crippen molar-refractivity contribution >= 4 is 11.8 Å². The molecule has 0 bridgehead atoms. The van der Waals surface area contributed by atoms with Gasteiger partial charge in [-0.3, -0.25) is 0 Å². The lowest BCUT2D eigenvalue weighted by molar-refractivity contribution is 0.122. The number of aromatic nitrogens is 1. The van der Waals surface area contributed by atoms with Crippen molar-refractivity contribution in [3.63, 3.8) is 0 Å². The second-order valence-electron chi connectivity index (χ2n) is 8.08. The number of hydrogen-bond acceptors (Lipinski definition) is 5. The molecule has 2 aromatic rings. The molecule has 2 N–H and O–H groups in total. The summed E-state index contributed by atoms with van der Waals surface area (Å²) in [6.45, 7) is 13.6. The van der Waals surface area contributed by atoms with Gasteiger partial charge in [-0.2, -0.15) is 0 Å². The Morgan fingerprint density at radius 3 is 2.75 bits per heavy atom. The third kappa shape index (κ3) is 6.85. The Kier molecular flexibility index (Phi) is 9.16. The molecule has 7 heteroatoms. The molecule has 1 aromatic heterocycles. The molecule has 2 heterocycles. The van der Waals surface area contributed by atoms with Crippen molar-refractivity contribution in [2.45, 2.75) is 53.3 Å². The van der Waals surface area contributed by atoms with Crippen LogP contribution in [0.15, 0.2) is 41.5 Å². The number of ether oxygens (including phenoxy) is 2. The first-order valence-corrected chi connectivity index (χ1v) is 11.7. The second kappa shape index (κ2) is 12.3. The zero-order chi connectivity index (χ0) is 22.8. The molecular weight excluding hydrogens is 402 g/mol. The molecular formula is C25H37N5O2. The van der Waals surface area contributed by atoms with Gasteiger partial charge in [0, 0.05) is 43.5 Å². The van der Waals surface area contributed by atoms with Gasteiger partial charge in [0.15, 0.2) is 5.96 Å². The lowest BCUT2D eigenvalue weighted by atomic mass is 10.1. The van der Waals surface area contributed by atoms with Gasteiger partial charge in [-0.05, 0) is 44.9 Å². The molecule has 7 nitrogen and oxygen atoms in total. The summed E-state index contributed by atoms with van der Waals surface area (Å²) in [5, 5.41) is 6.82. The fourth-order valence-corrected chi connectivity index (χ4v) is 3.52. The molecule has 0 spiro atoms. The Labute approximate surface area is 192 Å². The van der Waals surface area contributed by atoms with Crippen LogP contribution in [0.1, 0.15) is 43.9 Å². The summed E-state index contributed by atoms with van der Waals surface area (Å²) in [6.07, 6.45) is 3.00. The summed E-state index contributed by atoms with van der Waals surface area (Å²) in [5.41, 5.74) is 3.42. The molecule has 0 saturated carbocycles. The van der Waals surface area contributed by atoms with E-state index < -0.39 is 0 Å². The second-order valence-corrected chi connectivity index (χ2v) is 8.08. The fourth-order valence-electron chi connectivity index (χ4n) is 3.52. The van der Waals surface area contributed by atoms with E-state index in [4.69, 9.17) is 14.5 Å². The highest BCUT2D eigenvalue weighted by atomic mass is 16.5.